The number of nitrogens with one attached hydrogen (secondary N) is 1. The molecule has 2 aromatic heterocycles. The Hall–Kier alpha value is -1.88. The van der Waals surface area contributed by atoms with E-state index in [2.05, 4.69) is 21.4 Å². The molecule has 0 spiro atoms. The molecule has 1 aliphatic rings. The molecule has 0 bridgehead atoms. The number of rotatable bonds is 3. The van der Waals surface area contributed by atoms with E-state index in [9.17, 15) is 0 Å². The topological polar surface area (TPSA) is 68.8 Å². The molecular weight excluding hydrogens is 238 g/mol. The van der Waals surface area contributed by atoms with Crippen LogP contribution in [0.1, 0.15) is 25.1 Å². The molecule has 1 aliphatic carbocycles. The van der Waals surface area contributed by atoms with E-state index in [1.807, 2.05) is 23.8 Å². The second kappa shape index (κ2) is 5.01. The summed E-state index contributed by atoms with van der Waals surface area (Å²) >= 11 is 0. The zero-order chi connectivity index (χ0) is 13.2. The fourth-order valence-corrected chi connectivity index (χ4v) is 2.67. The molecule has 2 unspecified atom stereocenters. The molecule has 1 saturated carbocycles. The third kappa shape index (κ3) is 2.46. The minimum Gasteiger partial charge on any atom is -0.379 e. The van der Waals surface area contributed by atoms with Gasteiger partial charge < -0.3 is 11.1 Å². The number of imidazole rings is 1. The molecule has 3 rings (SSSR count). The Morgan fingerprint density at radius 2 is 2.21 bits per heavy atom. The van der Waals surface area contributed by atoms with Gasteiger partial charge in [-0.05, 0) is 38.3 Å². The molecule has 0 aromatic carbocycles. The number of nitrogens with two attached hydrogens (primary N) is 1. The lowest BCUT2D eigenvalue weighted by molar-refractivity contribution is 0.687. The number of aryl methyl sites for hydroxylation is 1. The fourth-order valence-electron chi connectivity index (χ4n) is 2.67. The van der Waals surface area contributed by atoms with Crippen LogP contribution >= 0.6 is 0 Å². The summed E-state index contributed by atoms with van der Waals surface area (Å²) in [6.07, 6.45) is 8.77. The third-order valence-corrected chi connectivity index (χ3v) is 3.67. The van der Waals surface area contributed by atoms with Crippen LogP contribution in [0.15, 0.2) is 30.7 Å². The van der Waals surface area contributed by atoms with Gasteiger partial charge in [-0.15, -0.1) is 0 Å². The van der Waals surface area contributed by atoms with E-state index in [1.54, 1.807) is 12.4 Å². The molecule has 19 heavy (non-hydrogen) atoms. The van der Waals surface area contributed by atoms with Gasteiger partial charge in [0.1, 0.15) is 5.82 Å². The number of hydrogen-bond donors (Lipinski definition) is 2. The summed E-state index contributed by atoms with van der Waals surface area (Å²) in [5.41, 5.74) is 7.01. The Bertz CT molecular complexity index is 562. The lowest BCUT2D eigenvalue weighted by Crippen LogP contribution is -2.21. The summed E-state index contributed by atoms with van der Waals surface area (Å²) in [7, 11) is 0. The maximum Gasteiger partial charge on any atom is 0.161 e. The van der Waals surface area contributed by atoms with Crippen LogP contribution < -0.4 is 11.1 Å². The molecule has 0 saturated heterocycles. The highest BCUT2D eigenvalue weighted by Crippen LogP contribution is 2.25. The van der Waals surface area contributed by atoms with Gasteiger partial charge in [0.15, 0.2) is 5.82 Å². The van der Waals surface area contributed by atoms with Crippen molar-refractivity contribution in [1.82, 2.24) is 14.5 Å². The molecule has 2 heterocycles. The van der Waals surface area contributed by atoms with Crippen molar-refractivity contribution in [2.75, 3.05) is 5.32 Å². The first-order valence-corrected chi connectivity index (χ1v) is 6.71. The van der Waals surface area contributed by atoms with Crippen molar-refractivity contribution >= 4 is 5.69 Å². The van der Waals surface area contributed by atoms with Gasteiger partial charge in [-0.2, -0.15) is 0 Å². The van der Waals surface area contributed by atoms with E-state index in [0.717, 1.165) is 36.6 Å². The van der Waals surface area contributed by atoms with Crippen molar-refractivity contribution in [1.29, 1.82) is 0 Å². The molecule has 100 valence electrons. The third-order valence-electron chi connectivity index (χ3n) is 3.67. The normalized spacial score (nSPS) is 22.6. The summed E-state index contributed by atoms with van der Waals surface area (Å²) in [4.78, 5) is 8.73. The Labute approximate surface area is 112 Å². The second-order valence-corrected chi connectivity index (χ2v) is 5.13. The monoisotopic (exact) mass is 257 g/mol. The van der Waals surface area contributed by atoms with Crippen molar-refractivity contribution < 1.29 is 0 Å². The zero-order valence-corrected chi connectivity index (χ0v) is 11.1. The van der Waals surface area contributed by atoms with Gasteiger partial charge in [0.25, 0.3) is 0 Å². The van der Waals surface area contributed by atoms with E-state index in [4.69, 9.17) is 5.73 Å². The minimum absolute atomic E-state index is 0.326. The number of hydrogen-bond acceptors (Lipinski definition) is 4. The first kappa shape index (κ1) is 12.2. The van der Waals surface area contributed by atoms with E-state index in [1.165, 1.54) is 0 Å². The Morgan fingerprint density at radius 1 is 1.32 bits per heavy atom. The van der Waals surface area contributed by atoms with E-state index < -0.39 is 0 Å². The van der Waals surface area contributed by atoms with Crippen LogP contribution in [-0.2, 0) is 0 Å². The highest BCUT2D eigenvalue weighted by molar-refractivity contribution is 5.57. The Morgan fingerprint density at radius 3 is 2.89 bits per heavy atom. The number of nitrogens with zero attached hydrogens (tertiary/aromatic N) is 3. The van der Waals surface area contributed by atoms with Gasteiger partial charge in [-0.25, -0.2) is 9.97 Å². The summed E-state index contributed by atoms with van der Waals surface area (Å²) in [6, 6.07) is 4.79. The summed E-state index contributed by atoms with van der Waals surface area (Å²) < 4.78 is 2.00. The number of pyridine rings is 1. The summed E-state index contributed by atoms with van der Waals surface area (Å²) in [5, 5.41) is 3.56. The average molecular weight is 257 g/mol. The molecular formula is C14H19N5. The van der Waals surface area contributed by atoms with Crippen LogP contribution in [0.3, 0.4) is 0 Å². The van der Waals surface area contributed by atoms with Crippen molar-refractivity contribution in [2.45, 2.75) is 38.3 Å². The smallest absolute Gasteiger partial charge is 0.161 e. The SMILES string of the molecule is Cc1nccn1-c1ncccc1NC1CCC(N)C1. The predicted molar refractivity (Wildman–Crippen MR) is 75.3 cm³/mol. The predicted octanol–water partition coefficient (Wildman–Crippen LogP) is 1.87. The van der Waals surface area contributed by atoms with Crippen LogP contribution in [0, 0.1) is 6.92 Å². The first-order chi connectivity index (χ1) is 9.24. The summed E-state index contributed by atoms with van der Waals surface area (Å²) in [6.45, 7) is 1.98. The molecule has 0 radical (unpaired) electrons. The van der Waals surface area contributed by atoms with Gasteiger partial charge in [0.05, 0.1) is 5.69 Å². The second-order valence-electron chi connectivity index (χ2n) is 5.13. The standard InChI is InChI=1S/C14H19N5/c1-10-16-7-8-19(10)14-13(3-2-6-17-14)18-12-5-4-11(15)9-12/h2-3,6-8,11-12,18H,4-5,9,15H2,1H3. The van der Waals surface area contributed by atoms with Crippen molar-refractivity contribution in [3.63, 3.8) is 0 Å². The largest absolute Gasteiger partial charge is 0.379 e. The Kier molecular flexibility index (Phi) is 3.21. The van der Waals surface area contributed by atoms with E-state index in [-0.39, 0.29) is 0 Å². The van der Waals surface area contributed by atoms with Crippen LogP contribution in [0.25, 0.3) is 5.82 Å². The van der Waals surface area contributed by atoms with Crippen LogP contribution in [-0.4, -0.2) is 26.6 Å². The molecule has 0 aliphatic heterocycles. The quantitative estimate of drug-likeness (QED) is 0.880. The van der Waals surface area contributed by atoms with Gasteiger partial charge in [0, 0.05) is 30.7 Å². The minimum atomic E-state index is 0.326. The van der Waals surface area contributed by atoms with Crippen LogP contribution in [0.4, 0.5) is 5.69 Å². The maximum absolute atomic E-state index is 5.96. The molecule has 5 nitrogen and oxygen atoms in total. The van der Waals surface area contributed by atoms with Crippen LogP contribution in [0.5, 0.6) is 0 Å². The molecule has 2 atom stereocenters. The number of aromatic nitrogens is 3. The van der Waals surface area contributed by atoms with Gasteiger partial charge >= 0.3 is 0 Å². The van der Waals surface area contributed by atoms with Gasteiger partial charge in [-0.1, -0.05) is 0 Å². The van der Waals surface area contributed by atoms with Gasteiger partial charge in [-0.3, -0.25) is 4.57 Å². The fraction of sp³-hybridized carbons (Fsp3) is 0.429. The van der Waals surface area contributed by atoms with Gasteiger partial charge in [0.2, 0.25) is 0 Å². The highest BCUT2D eigenvalue weighted by atomic mass is 15.1. The lowest BCUT2D eigenvalue weighted by Gasteiger charge is -2.17. The van der Waals surface area contributed by atoms with Crippen molar-refractivity contribution in [2.24, 2.45) is 5.73 Å². The van der Waals surface area contributed by atoms with E-state index >= 15 is 0 Å². The molecule has 1 fully saturated rings. The molecule has 3 N–H and O–H groups in total. The Balaban J connectivity index is 1.88. The molecule has 0 amide bonds. The van der Waals surface area contributed by atoms with Crippen molar-refractivity contribution in [3.8, 4) is 5.82 Å². The lowest BCUT2D eigenvalue weighted by atomic mass is 10.2. The zero-order valence-electron chi connectivity index (χ0n) is 11.1. The number of anilines is 1. The average Bonchev–Trinajstić information content (AvgIpc) is 2.99. The van der Waals surface area contributed by atoms with E-state index in [0.29, 0.717) is 12.1 Å². The molecule has 5 heteroatoms. The molecule has 2 aromatic rings. The first-order valence-electron chi connectivity index (χ1n) is 6.71. The highest BCUT2D eigenvalue weighted by Gasteiger charge is 2.22. The summed E-state index contributed by atoms with van der Waals surface area (Å²) in [5.74, 6) is 1.84. The van der Waals surface area contributed by atoms with Crippen molar-refractivity contribution in [3.05, 3.63) is 36.5 Å². The maximum atomic E-state index is 5.96. The van der Waals surface area contributed by atoms with Crippen LogP contribution in [0.2, 0.25) is 0 Å².